The lowest BCUT2D eigenvalue weighted by molar-refractivity contribution is -0.142. The fraction of sp³-hybridized carbons (Fsp3) is 0.846. The fourth-order valence-corrected chi connectivity index (χ4v) is 3.83. The molecule has 0 saturated heterocycles. The average Bonchev–Trinajstić information content (AvgIpc) is 2.16. The molecule has 0 aliphatic heterocycles. The van der Waals surface area contributed by atoms with E-state index in [0.717, 1.165) is 25.5 Å². The van der Waals surface area contributed by atoms with Gasteiger partial charge in [-0.1, -0.05) is 20.3 Å². The first-order valence-corrected chi connectivity index (χ1v) is 5.98. The summed E-state index contributed by atoms with van der Waals surface area (Å²) in [7, 11) is 0. The number of fused-ring (bicyclic) bond motifs is 1. The third-order valence-electron chi connectivity index (χ3n) is 4.57. The van der Waals surface area contributed by atoms with Crippen molar-refractivity contribution in [3.63, 3.8) is 0 Å². The van der Waals surface area contributed by atoms with Gasteiger partial charge in [0.1, 0.15) is 12.1 Å². The van der Waals surface area contributed by atoms with Gasteiger partial charge in [-0.3, -0.25) is 4.79 Å². The maximum Gasteiger partial charge on any atom is 0.133 e. The minimum Gasteiger partial charge on any atom is -0.303 e. The van der Waals surface area contributed by atoms with Crippen molar-refractivity contribution in [2.45, 2.75) is 52.4 Å². The Labute approximate surface area is 91.4 Å². The second kappa shape index (κ2) is 3.43. The molecule has 0 N–H and O–H groups in total. The maximum atomic E-state index is 11.5. The summed E-state index contributed by atoms with van der Waals surface area (Å²) in [6.45, 7) is 4.51. The lowest BCUT2D eigenvalue weighted by atomic mass is 9.51. The average molecular weight is 208 g/mol. The Morgan fingerprint density at radius 1 is 1.33 bits per heavy atom. The zero-order chi connectivity index (χ0) is 11.1. The molecule has 0 bridgehead atoms. The molecule has 2 atom stereocenters. The summed E-state index contributed by atoms with van der Waals surface area (Å²) in [6, 6.07) is 0. The van der Waals surface area contributed by atoms with Gasteiger partial charge in [-0.2, -0.15) is 0 Å². The van der Waals surface area contributed by atoms with Crippen LogP contribution in [0.2, 0.25) is 0 Å². The lowest BCUT2D eigenvalue weighted by Gasteiger charge is -2.51. The predicted octanol–water partition coefficient (Wildman–Crippen LogP) is 2.75. The highest BCUT2D eigenvalue weighted by molar-refractivity contribution is 5.84. The van der Waals surface area contributed by atoms with E-state index in [9.17, 15) is 9.59 Å². The third kappa shape index (κ3) is 1.64. The van der Waals surface area contributed by atoms with Crippen LogP contribution < -0.4 is 0 Å². The van der Waals surface area contributed by atoms with Gasteiger partial charge >= 0.3 is 0 Å². The van der Waals surface area contributed by atoms with Crippen LogP contribution in [0.15, 0.2) is 0 Å². The van der Waals surface area contributed by atoms with Gasteiger partial charge < -0.3 is 4.79 Å². The highest BCUT2D eigenvalue weighted by Gasteiger charge is 2.51. The molecular formula is C13H20O2. The monoisotopic (exact) mass is 208 g/mol. The van der Waals surface area contributed by atoms with Crippen LogP contribution in [0.4, 0.5) is 0 Å². The summed E-state index contributed by atoms with van der Waals surface area (Å²) in [5, 5.41) is 0. The lowest BCUT2D eigenvalue weighted by Crippen LogP contribution is -2.48. The maximum absolute atomic E-state index is 11.5. The molecule has 0 aromatic carbocycles. The van der Waals surface area contributed by atoms with E-state index in [1.165, 1.54) is 6.42 Å². The Morgan fingerprint density at radius 3 is 2.73 bits per heavy atom. The van der Waals surface area contributed by atoms with Crippen molar-refractivity contribution < 1.29 is 9.59 Å². The molecule has 0 aromatic heterocycles. The van der Waals surface area contributed by atoms with Gasteiger partial charge in [0.25, 0.3) is 0 Å². The van der Waals surface area contributed by atoms with Crippen LogP contribution in [0.1, 0.15) is 52.4 Å². The molecule has 0 unspecified atom stereocenters. The first kappa shape index (κ1) is 10.8. The number of rotatable bonds is 1. The van der Waals surface area contributed by atoms with E-state index in [-0.39, 0.29) is 16.6 Å². The van der Waals surface area contributed by atoms with Crippen LogP contribution in [0.25, 0.3) is 0 Å². The number of hydrogen-bond donors (Lipinski definition) is 0. The van der Waals surface area contributed by atoms with E-state index in [0.29, 0.717) is 18.8 Å². The van der Waals surface area contributed by atoms with Crippen molar-refractivity contribution in [3.8, 4) is 0 Å². The summed E-state index contributed by atoms with van der Waals surface area (Å²) in [5.41, 5.74) is -0.0725. The number of ketones is 1. The van der Waals surface area contributed by atoms with Gasteiger partial charge in [0.2, 0.25) is 0 Å². The first-order chi connectivity index (χ1) is 7.00. The molecule has 2 saturated carbocycles. The smallest absolute Gasteiger partial charge is 0.133 e. The van der Waals surface area contributed by atoms with Crippen molar-refractivity contribution >= 4 is 12.1 Å². The number of hydrogen-bond acceptors (Lipinski definition) is 2. The number of Topliss-reactive ketones (excluding diaryl/α,β-unsaturated/α-hetero) is 1. The molecule has 2 rings (SSSR count). The standard InChI is InChI=1S/C13H20O2/c1-12(2)6-3-7-13(9-14)8-10(15)4-5-11(12)13/h9,11H,3-8H2,1-2H3/t11-,13+/m0/s1. The Hall–Kier alpha value is -0.660. The van der Waals surface area contributed by atoms with E-state index >= 15 is 0 Å². The van der Waals surface area contributed by atoms with E-state index < -0.39 is 0 Å². The minimum atomic E-state index is -0.308. The molecule has 2 aliphatic carbocycles. The molecule has 0 heterocycles. The Bertz CT molecular complexity index is 293. The van der Waals surface area contributed by atoms with Crippen molar-refractivity contribution in [1.29, 1.82) is 0 Å². The highest BCUT2D eigenvalue weighted by Crippen LogP contribution is 2.55. The van der Waals surface area contributed by atoms with E-state index in [1.54, 1.807) is 0 Å². The fourth-order valence-electron chi connectivity index (χ4n) is 3.83. The van der Waals surface area contributed by atoms with Crippen LogP contribution in [0.3, 0.4) is 0 Å². The second-order valence-corrected chi connectivity index (χ2v) is 6.00. The molecule has 0 amide bonds. The predicted molar refractivity (Wildman–Crippen MR) is 58.5 cm³/mol. The van der Waals surface area contributed by atoms with Gasteiger partial charge in [0.05, 0.1) is 0 Å². The van der Waals surface area contributed by atoms with Gasteiger partial charge in [0.15, 0.2) is 0 Å². The number of carbonyl (C=O) groups excluding carboxylic acids is 2. The van der Waals surface area contributed by atoms with Crippen molar-refractivity contribution in [2.24, 2.45) is 16.7 Å². The normalized spacial score (nSPS) is 39.6. The molecule has 0 aromatic rings. The Kier molecular flexibility index (Phi) is 2.48. The van der Waals surface area contributed by atoms with Crippen LogP contribution >= 0.6 is 0 Å². The molecule has 84 valence electrons. The van der Waals surface area contributed by atoms with Crippen LogP contribution in [-0.4, -0.2) is 12.1 Å². The largest absolute Gasteiger partial charge is 0.303 e. The minimum absolute atomic E-state index is 0.236. The molecule has 2 nitrogen and oxygen atoms in total. The topological polar surface area (TPSA) is 34.1 Å². The Morgan fingerprint density at radius 2 is 2.07 bits per heavy atom. The van der Waals surface area contributed by atoms with Crippen LogP contribution in [0.5, 0.6) is 0 Å². The summed E-state index contributed by atoms with van der Waals surface area (Å²) >= 11 is 0. The van der Waals surface area contributed by atoms with Gasteiger partial charge in [0, 0.05) is 18.3 Å². The summed E-state index contributed by atoms with van der Waals surface area (Å²) in [4.78, 5) is 22.9. The number of carbonyl (C=O) groups is 2. The highest BCUT2D eigenvalue weighted by atomic mass is 16.1. The molecule has 0 radical (unpaired) electrons. The summed E-state index contributed by atoms with van der Waals surface area (Å²) in [6.07, 6.45) is 6.42. The zero-order valence-corrected chi connectivity index (χ0v) is 9.71. The Balaban J connectivity index is 2.33. The molecule has 2 aliphatic rings. The van der Waals surface area contributed by atoms with Gasteiger partial charge in [-0.25, -0.2) is 0 Å². The van der Waals surface area contributed by atoms with Crippen molar-refractivity contribution in [1.82, 2.24) is 0 Å². The van der Waals surface area contributed by atoms with E-state index in [2.05, 4.69) is 13.8 Å². The molecular weight excluding hydrogens is 188 g/mol. The molecule has 15 heavy (non-hydrogen) atoms. The molecule has 2 heteroatoms. The van der Waals surface area contributed by atoms with Crippen LogP contribution in [0, 0.1) is 16.7 Å². The van der Waals surface area contributed by atoms with Crippen molar-refractivity contribution in [2.75, 3.05) is 0 Å². The van der Waals surface area contributed by atoms with Crippen molar-refractivity contribution in [3.05, 3.63) is 0 Å². The molecule has 2 fully saturated rings. The summed E-state index contributed by atoms with van der Waals surface area (Å²) < 4.78 is 0. The third-order valence-corrected chi connectivity index (χ3v) is 4.57. The van der Waals surface area contributed by atoms with Gasteiger partial charge in [-0.15, -0.1) is 0 Å². The van der Waals surface area contributed by atoms with Gasteiger partial charge in [-0.05, 0) is 30.6 Å². The molecule has 0 spiro atoms. The first-order valence-electron chi connectivity index (χ1n) is 5.98. The second-order valence-electron chi connectivity index (χ2n) is 6.00. The van der Waals surface area contributed by atoms with Crippen LogP contribution in [-0.2, 0) is 9.59 Å². The SMILES string of the molecule is CC1(C)CCC[C@]2(C=O)CC(=O)CC[C@@H]12. The quantitative estimate of drug-likeness (QED) is 0.621. The van der Waals surface area contributed by atoms with E-state index in [1.807, 2.05) is 0 Å². The zero-order valence-electron chi connectivity index (χ0n) is 9.71. The summed E-state index contributed by atoms with van der Waals surface area (Å²) in [5.74, 6) is 0.713. The van der Waals surface area contributed by atoms with E-state index in [4.69, 9.17) is 0 Å². The number of aldehydes is 1.